The summed E-state index contributed by atoms with van der Waals surface area (Å²) in [7, 11) is -4.06. The highest BCUT2D eigenvalue weighted by molar-refractivity contribution is 7.89. The quantitative estimate of drug-likeness (QED) is 0.739. The van der Waals surface area contributed by atoms with Crippen LogP contribution in [0.5, 0.6) is 5.75 Å². The maximum atomic E-state index is 13.0. The maximum Gasteiger partial charge on any atom is 0.272 e. The summed E-state index contributed by atoms with van der Waals surface area (Å²) < 4.78 is 42.0. The number of carbonyl (C=O) groups excluding carboxylic acids is 1. The molecule has 0 aliphatic heterocycles. The third-order valence-corrected chi connectivity index (χ3v) is 4.30. The lowest BCUT2D eigenvalue weighted by molar-refractivity contribution is -0.123. The fourth-order valence-corrected chi connectivity index (χ4v) is 3.19. The first-order valence-electron chi connectivity index (χ1n) is 6.41. The van der Waals surface area contributed by atoms with Gasteiger partial charge >= 0.3 is 0 Å². The zero-order valence-electron chi connectivity index (χ0n) is 11.9. The summed E-state index contributed by atoms with van der Waals surface area (Å²) in [6, 6.07) is 8.88. The lowest BCUT2D eigenvalue weighted by atomic mass is 10.3. The first-order chi connectivity index (χ1) is 11.3. The molecule has 0 spiro atoms. The number of hydrogen-bond acceptors (Lipinski definition) is 4. The van der Waals surface area contributed by atoms with E-state index in [1.165, 1.54) is 36.4 Å². The molecule has 10 heteroatoms. The Morgan fingerprint density at radius 2 is 1.79 bits per heavy atom. The van der Waals surface area contributed by atoms with Gasteiger partial charge in [0.25, 0.3) is 15.9 Å². The van der Waals surface area contributed by atoms with Gasteiger partial charge in [0.05, 0.1) is 4.90 Å². The highest BCUT2D eigenvalue weighted by Crippen LogP contribution is 2.21. The van der Waals surface area contributed by atoms with Gasteiger partial charge in [0.1, 0.15) is 11.6 Å². The van der Waals surface area contributed by atoms with E-state index >= 15 is 0 Å². The van der Waals surface area contributed by atoms with Crippen LogP contribution in [0.1, 0.15) is 0 Å². The van der Waals surface area contributed by atoms with E-state index in [9.17, 15) is 17.6 Å². The van der Waals surface area contributed by atoms with Crippen LogP contribution < -0.4 is 15.0 Å². The molecule has 2 rings (SSSR count). The topological polar surface area (TPSA) is 84.5 Å². The van der Waals surface area contributed by atoms with Crippen molar-refractivity contribution >= 4 is 39.1 Å². The normalized spacial score (nSPS) is 11.1. The number of nitrogens with one attached hydrogen (secondary N) is 2. The molecule has 0 aromatic heterocycles. The van der Waals surface area contributed by atoms with Gasteiger partial charge in [-0.05, 0) is 30.3 Å². The molecular formula is C14H11Cl2FN2O4S. The van der Waals surface area contributed by atoms with Crippen molar-refractivity contribution in [3.8, 4) is 5.75 Å². The Balaban J connectivity index is 1.93. The summed E-state index contributed by atoms with van der Waals surface area (Å²) in [4.78, 5) is 13.3. The molecule has 0 bridgehead atoms. The van der Waals surface area contributed by atoms with E-state index in [1.807, 2.05) is 10.3 Å². The van der Waals surface area contributed by atoms with E-state index in [-0.39, 0.29) is 20.7 Å². The van der Waals surface area contributed by atoms with Crippen molar-refractivity contribution in [3.63, 3.8) is 0 Å². The number of benzene rings is 2. The van der Waals surface area contributed by atoms with E-state index in [1.54, 1.807) is 0 Å². The number of hydrazine groups is 1. The third-order valence-electron chi connectivity index (χ3n) is 2.64. The summed E-state index contributed by atoms with van der Waals surface area (Å²) in [5.74, 6) is -1.17. The number of sulfonamides is 1. The van der Waals surface area contributed by atoms with Crippen LogP contribution in [-0.2, 0) is 14.8 Å². The van der Waals surface area contributed by atoms with Crippen LogP contribution in [0, 0.1) is 5.82 Å². The van der Waals surface area contributed by atoms with E-state index in [0.717, 1.165) is 6.07 Å². The zero-order chi connectivity index (χ0) is 17.7. The minimum atomic E-state index is -4.06. The van der Waals surface area contributed by atoms with Gasteiger partial charge in [-0.1, -0.05) is 29.3 Å². The van der Waals surface area contributed by atoms with Gasteiger partial charge < -0.3 is 4.74 Å². The van der Waals surface area contributed by atoms with Crippen molar-refractivity contribution < 1.29 is 22.3 Å². The van der Waals surface area contributed by atoms with Gasteiger partial charge in [-0.3, -0.25) is 10.2 Å². The number of rotatable bonds is 6. The van der Waals surface area contributed by atoms with Crippen LogP contribution in [0.2, 0.25) is 10.0 Å². The second-order valence-corrected chi connectivity index (χ2v) is 7.06. The lowest BCUT2D eigenvalue weighted by Crippen LogP contribution is -2.43. The molecule has 2 N–H and O–H groups in total. The number of amides is 1. The number of halogens is 3. The van der Waals surface area contributed by atoms with Gasteiger partial charge in [0.2, 0.25) is 0 Å². The fourth-order valence-electron chi connectivity index (χ4n) is 1.61. The zero-order valence-corrected chi connectivity index (χ0v) is 14.3. The van der Waals surface area contributed by atoms with Crippen molar-refractivity contribution in [3.05, 3.63) is 58.3 Å². The monoisotopic (exact) mass is 392 g/mol. The average molecular weight is 393 g/mol. The first-order valence-corrected chi connectivity index (χ1v) is 8.65. The largest absolute Gasteiger partial charge is 0.484 e. The molecule has 0 aliphatic carbocycles. The molecule has 0 fully saturated rings. The summed E-state index contributed by atoms with van der Waals surface area (Å²) in [6.07, 6.45) is 0. The SMILES string of the molecule is O=C(COc1cccc(F)c1)NNS(=O)(=O)c1cc(Cl)cc(Cl)c1. The van der Waals surface area contributed by atoms with E-state index in [0.29, 0.717) is 0 Å². The molecule has 2 aromatic rings. The summed E-state index contributed by atoms with van der Waals surface area (Å²) in [5, 5.41) is 0.257. The van der Waals surface area contributed by atoms with E-state index in [4.69, 9.17) is 27.9 Å². The van der Waals surface area contributed by atoms with Crippen LogP contribution in [0.4, 0.5) is 4.39 Å². The maximum absolute atomic E-state index is 13.0. The predicted molar refractivity (Wildman–Crippen MR) is 86.8 cm³/mol. The smallest absolute Gasteiger partial charge is 0.272 e. The van der Waals surface area contributed by atoms with Gasteiger partial charge in [-0.15, -0.1) is 4.83 Å². The van der Waals surface area contributed by atoms with Gasteiger partial charge in [0, 0.05) is 16.1 Å². The van der Waals surface area contributed by atoms with Gasteiger partial charge in [-0.25, -0.2) is 12.8 Å². The minimum absolute atomic E-state index is 0.128. The molecule has 0 heterocycles. The third kappa shape index (κ3) is 5.34. The highest BCUT2D eigenvalue weighted by atomic mass is 35.5. The molecule has 1 amide bonds. The second-order valence-electron chi connectivity index (χ2n) is 4.50. The second kappa shape index (κ2) is 7.80. The molecule has 2 aromatic carbocycles. The first kappa shape index (κ1) is 18.5. The molecule has 0 atom stereocenters. The Kier molecular flexibility index (Phi) is 6.00. The Morgan fingerprint density at radius 3 is 2.42 bits per heavy atom. The fraction of sp³-hybridized carbons (Fsp3) is 0.0714. The summed E-state index contributed by atoms with van der Waals surface area (Å²) >= 11 is 11.5. The molecule has 0 radical (unpaired) electrons. The van der Waals surface area contributed by atoms with Crippen LogP contribution in [0.3, 0.4) is 0 Å². The van der Waals surface area contributed by atoms with Gasteiger partial charge in [-0.2, -0.15) is 0 Å². The van der Waals surface area contributed by atoms with Crippen LogP contribution in [0.25, 0.3) is 0 Å². The van der Waals surface area contributed by atoms with Crippen molar-refractivity contribution in [2.24, 2.45) is 0 Å². The van der Waals surface area contributed by atoms with Crippen molar-refractivity contribution in [2.75, 3.05) is 6.61 Å². The highest BCUT2D eigenvalue weighted by Gasteiger charge is 2.16. The molecule has 0 aliphatic rings. The molecule has 128 valence electrons. The summed E-state index contributed by atoms with van der Waals surface area (Å²) in [5.41, 5.74) is 1.96. The molecular weight excluding hydrogens is 382 g/mol. The van der Waals surface area contributed by atoms with Crippen molar-refractivity contribution in [1.82, 2.24) is 10.3 Å². The Labute approximate surface area is 147 Å². The Hall–Kier alpha value is -1.87. The van der Waals surface area contributed by atoms with E-state index in [2.05, 4.69) is 0 Å². The molecule has 6 nitrogen and oxygen atoms in total. The number of carbonyl (C=O) groups is 1. The lowest BCUT2D eigenvalue weighted by Gasteiger charge is -2.10. The standard InChI is InChI=1S/C14H11Cl2FN2O4S/c15-9-4-10(16)6-13(5-9)24(21,22)19-18-14(20)8-23-12-3-1-2-11(17)7-12/h1-7,19H,8H2,(H,18,20). The predicted octanol–water partition coefficient (Wildman–Crippen LogP) is 2.52. The molecule has 0 unspecified atom stereocenters. The minimum Gasteiger partial charge on any atom is -0.484 e. The Morgan fingerprint density at radius 1 is 1.12 bits per heavy atom. The average Bonchev–Trinajstić information content (AvgIpc) is 2.50. The van der Waals surface area contributed by atoms with Crippen molar-refractivity contribution in [1.29, 1.82) is 0 Å². The van der Waals surface area contributed by atoms with Crippen LogP contribution in [0.15, 0.2) is 47.4 Å². The van der Waals surface area contributed by atoms with Gasteiger partial charge in [0.15, 0.2) is 6.61 Å². The Bertz CT molecular complexity index is 841. The summed E-state index contributed by atoms with van der Waals surface area (Å²) in [6.45, 7) is -0.512. The van der Waals surface area contributed by atoms with Crippen LogP contribution in [-0.4, -0.2) is 20.9 Å². The van der Waals surface area contributed by atoms with Crippen LogP contribution >= 0.6 is 23.2 Å². The van der Waals surface area contributed by atoms with E-state index < -0.39 is 28.4 Å². The molecule has 0 saturated heterocycles. The number of ether oxygens (including phenoxy) is 1. The number of hydrogen-bond donors (Lipinski definition) is 2. The van der Waals surface area contributed by atoms with Crippen molar-refractivity contribution in [2.45, 2.75) is 4.90 Å². The molecule has 0 saturated carbocycles. The molecule has 24 heavy (non-hydrogen) atoms.